The smallest absolute Gasteiger partial charge is 0.338 e. The molecule has 0 aliphatic carbocycles. The Bertz CT molecular complexity index is 1310. The van der Waals surface area contributed by atoms with E-state index in [1.54, 1.807) is 11.4 Å². The van der Waals surface area contributed by atoms with Gasteiger partial charge in [-0.25, -0.2) is 13.2 Å². The molecule has 1 atom stereocenters. The van der Waals surface area contributed by atoms with Crippen molar-refractivity contribution >= 4 is 50.3 Å². The highest BCUT2D eigenvalue weighted by molar-refractivity contribution is 7.94. The SMILES string of the molecule is COc1ccc([N+](=O)[O-])cc1NC(=O)[C@@H](C)OC(=O)c1ccc(NS(=O)(=O)c2cccs2)cc1. The molecule has 0 aliphatic rings. The molecule has 1 aromatic heterocycles. The molecule has 3 rings (SSSR count). The van der Waals surface area contributed by atoms with Gasteiger partial charge in [0.15, 0.2) is 6.10 Å². The van der Waals surface area contributed by atoms with Gasteiger partial charge in [0, 0.05) is 17.8 Å². The van der Waals surface area contributed by atoms with Crippen molar-refractivity contribution in [2.45, 2.75) is 17.2 Å². The van der Waals surface area contributed by atoms with Crippen molar-refractivity contribution in [3.05, 3.63) is 75.7 Å². The third-order valence-corrected chi connectivity index (χ3v) is 7.22. The van der Waals surface area contributed by atoms with E-state index in [0.29, 0.717) is 0 Å². The van der Waals surface area contributed by atoms with Crippen LogP contribution in [0.1, 0.15) is 17.3 Å². The number of ether oxygens (including phenoxy) is 2. The molecule has 0 aliphatic heterocycles. The van der Waals surface area contributed by atoms with Crippen molar-refractivity contribution in [3.63, 3.8) is 0 Å². The fraction of sp³-hybridized carbons (Fsp3) is 0.143. The Balaban J connectivity index is 1.63. The first kappa shape index (κ1) is 24.7. The Morgan fingerprint density at radius 3 is 2.41 bits per heavy atom. The number of sulfonamides is 1. The maximum Gasteiger partial charge on any atom is 0.338 e. The Morgan fingerprint density at radius 2 is 1.82 bits per heavy atom. The number of nitrogens with one attached hydrogen (secondary N) is 2. The monoisotopic (exact) mass is 505 g/mol. The summed E-state index contributed by atoms with van der Waals surface area (Å²) in [5.74, 6) is -1.35. The quantitative estimate of drug-likeness (QED) is 0.254. The zero-order valence-electron chi connectivity index (χ0n) is 17.9. The van der Waals surface area contributed by atoms with E-state index >= 15 is 0 Å². The average molecular weight is 506 g/mol. The number of thiophene rings is 1. The largest absolute Gasteiger partial charge is 0.495 e. The maximum absolute atomic E-state index is 12.5. The number of non-ortho nitro benzene ring substituents is 1. The number of nitro groups is 1. The number of rotatable bonds is 9. The van der Waals surface area contributed by atoms with Gasteiger partial charge in [0.05, 0.1) is 23.3 Å². The predicted octanol–water partition coefficient (Wildman–Crippen LogP) is 3.65. The average Bonchev–Trinajstić information content (AvgIpc) is 3.35. The van der Waals surface area contributed by atoms with Gasteiger partial charge < -0.3 is 14.8 Å². The topological polar surface area (TPSA) is 154 Å². The molecular weight excluding hydrogens is 486 g/mol. The summed E-state index contributed by atoms with van der Waals surface area (Å²) in [4.78, 5) is 35.2. The molecule has 2 N–H and O–H groups in total. The van der Waals surface area contributed by atoms with Crippen LogP contribution in [0, 0.1) is 10.1 Å². The number of esters is 1. The Hall–Kier alpha value is -3.97. The summed E-state index contributed by atoms with van der Waals surface area (Å²) < 4.78 is 37.3. The van der Waals surface area contributed by atoms with Crippen LogP contribution in [0.25, 0.3) is 0 Å². The molecule has 178 valence electrons. The molecule has 0 saturated heterocycles. The summed E-state index contributed by atoms with van der Waals surface area (Å²) in [7, 11) is -2.39. The number of hydrogen-bond donors (Lipinski definition) is 2. The van der Waals surface area contributed by atoms with Crippen molar-refractivity contribution in [2.75, 3.05) is 17.1 Å². The first-order chi connectivity index (χ1) is 16.1. The second-order valence-corrected chi connectivity index (χ2v) is 9.65. The molecule has 1 heterocycles. The van der Waals surface area contributed by atoms with E-state index in [0.717, 1.165) is 17.4 Å². The van der Waals surface area contributed by atoms with Crippen LogP contribution < -0.4 is 14.8 Å². The number of amides is 1. The molecule has 3 aromatic rings. The fourth-order valence-electron chi connectivity index (χ4n) is 2.72. The van der Waals surface area contributed by atoms with E-state index in [1.165, 1.54) is 56.5 Å². The zero-order valence-corrected chi connectivity index (χ0v) is 19.5. The Labute approximate surface area is 198 Å². The normalized spacial score (nSPS) is 11.8. The molecule has 0 radical (unpaired) electrons. The van der Waals surface area contributed by atoms with Crippen LogP contribution in [0.5, 0.6) is 5.75 Å². The van der Waals surface area contributed by atoms with Gasteiger partial charge in [-0.1, -0.05) is 6.07 Å². The van der Waals surface area contributed by atoms with Gasteiger partial charge in [-0.3, -0.25) is 19.6 Å². The number of anilines is 2. The van der Waals surface area contributed by atoms with Crippen molar-refractivity contribution < 1.29 is 32.4 Å². The third-order valence-electron chi connectivity index (χ3n) is 4.44. The lowest BCUT2D eigenvalue weighted by Gasteiger charge is -2.15. The molecule has 0 unspecified atom stereocenters. The Kier molecular flexibility index (Phi) is 7.48. The number of nitro benzene ring substituents is 1. The summed E-state index contributed by atoms with van der Waals surface area (Å²) >= 11 is 1.07. The summed E-state index contributed by atoms with van der Waals surface area (Å²) in [6, 6.07) is 12.2. The van der Waals surface area contributed by atoms with E-state index in [1.807, 2.05) is 0 Å². The van der Waals surface area contributed by atoms with Gasteiger partial charge in [-0.2, -0.15) is 0 Å². The van der Waals surface area contributed by atoms with E-state index in [9.17, 15) is 28.1 Å². The standard InChI is InChI=1S/C21H19N3O8S2/c1-13(20(25)22-17-12-16(24(27)28)9-10-18(17)31-2)32-21(26)14-5-7-15(8-6-14)23-34(29,30)19-4-3-11-33-19/h3-13,23H,1-2H3,(H,22,25)/t13-/m1/s1. The number of hydrogen-bond acceptors (Lipinski definition) is 9. The fourth-order valence-corrected chi connectivity index (χ4v) is 4.77. The van der Waals surface area contributed by atoms with Gasteiger partial charge in [-0.15, -0.1) is 11.3 Å². The molecule has 0 fully saturated rings. The van der Waals surface area contributed by atoms with Gasteiger partial charge in [0.1, 0.15) is 9.96 Å². The second kappa shape index (κ2) is 10.3. The second-order valence-electron chi connectivity index (χ2n) is 6.79. The van der Waals surface area contributed by atoms with Gasteiger partial charge >= 0.3 is 5.97 Å². The van der Waals surface area contributed by atoms with Crippen LogP contribution in [-0.2, 0) is 19.6 Å². The van der Waals surface area contributed by atoms with Gasteiger partial charge in [-0.05, 0) is 48.7 Å². The van der Waals surface area contributed by atoms with Crippen LogP contribution in [0.2, 0.25) is 0 Å². The van der Waals surface area contributed by atoms with Crippen molar-refractivity contribution in [1.82, 2.24) is 0 Å². The molecule has 0 saturated carbocycles. The van der Waals surface area contributed by atoms with E-state index in [4.69, 9.17) is 9.47 Å². The summed E-state index contributed by atoms with van der Waals surface area (Å²) in [6.45, 7) is 1.33. The van der Waals surface area contributed by atoms with Crippen LogP contribution >= 0.6 is 11.3 Å². The summed E-state index contributed by atoms with van der Waals surface area (Å²) in [5.41, 5.74) is 0.127. The molecule has 1 amide bonds. The van der Waals surface area contributed by atoms with Crippen molar-refractivity contribution in [3.8, 4) is 5.75 Å². The molecule has 11 nitrogen and oxygen atoms in total. The first-order valence-corrected chi connectivity index (χ1v) is 12.0. The van der Waals surface area contributed by atoms with E-state index in [2.05, 4.69) is 10.0 Å². The van der Waals surface area contributed by atoms with Gasteiger partial charge in [0.25, 0.3) is 21.6 Å². The minimum absolute atomic E-state index is 0.0481. The lowest BCUT2D eigenvalue weighted by Crippen LogP contribution is -2.30. The highest BCUT2D eigenvalue weighted by Crippen LogP contribution is 2.29. The van der Waals surface area contributed by atoms with E-state index in [-0.39, 0.29) is 32.6 Å². The summed E-state index contributed by atoms with van der Waals surface area (Å²) in [5, 5.41) is 15.1. The Morgan fingerprint density at radius 1 is 1.12 bits per heavy atom. The van der Waals surface area contributed by atoms with E-state index < -0.39 is 32.9 Å². The molecule has 2 aromatic carbocycles. The molecule has 0 bridgehead atoms. The minimum atomic E-state index is -3.73. The van der Waals surface area contributed by atoms with Crippen LogP contribution in [0.4, 0.5) is 17.1 Å². The highest BCUT2D eigenvalue weighted by Gasteiger charge is 2.22. The lowest BCUT2D eigenvalue weighted by molar-refractivity contribution is -0.384. The number of carbonyl (C=O) groups is 2. The highest BCUT2D eigenvalue weighted by atomic mass is 32.2. The third kappa shape index (κ3) is 5.88. The van der Waals surface area contributed by atoms with Crippen LogP contribution in [0.15, 0.2) is 64.2 Å². The van der Waals surface area contributed by atoms with Crippen molar-refractivity contribution in [1.29, 1.82) is 0 Å². The number of carbonyl (C=O) groups excluding carboxylic acids is 2. The van der Waals surface area contributed by atoms with Crippen molar-refractivity contribution in [2.24, 2.45) is 0 Å². The first-order valence-electron chi connectivity index (χ1n) is 9.61. The summed E-state index contributed by atoms with van der Waals surface area (Å²) in [6.07, 6.45) is -1.24. The number of benzene rings is 2. The predicted molar refractivity (Wildman–Crippen MR) is 125 cm³/mol. The minimum Gasteiger partial charge on any atom is -0.495 e. The lowest BCUT2D eigenvalue weighted by atomic mass is 10.2. The number of methoxy groups -OCH3 is 1. The zero-order chi connectivity index (χ0) is 24.9. The number of nitrogens with zero attached hydrogens (tertiary/aromatic N) is 1. The molecule has 34 heavy (non-hydrogen) atoms. The molecular formula is C21H19N3O8S2. The molecule has 0 spiro atoms. The van der Waals surface area contributed by atoms with Crippen LogP contribution in [-0.4, -0.2) is 38.4 Å². The van der Waals surface area contributed by atoms with Crippen LogP contribution in [0.3, 0.4) is 0 Å². The molecule has 13 heteroatoms. The maximum atomic E-state index is 12.5. The van der Waals surface area contributed by atoms with Gasteiger partial charge in [0.2, 0.25) is 0 Å².